The summed E-state index contributed by atoms with van der Waals surface area (Å²) in [4.78, 5) is 0. The van der Waals surface area contributed by atoms with Gasteiger partial charge in [-0.15, -0.1) is 0 Å². The van der Waals surface area contributed by atoms with Gasteiger partial charge in [0.1, 0.15) is 5.82 Å². The van der Waals surface area contributed by atoms with Crippen LogP contribution in [0.25, 0.3) is 0 Å². The average molecular weight is 215 g/mol. The summed E-state index contributed by atoms with van der Waals surface area (Å²) >= 11 is 5.91. The molecule has 1 N–H and O–H groups in total. The zero-order chi connectivity index (χ0) is 10.2. The van der Waals surface area contributed by atoms with Gasteiger partial charge in [0.2, 0.25) is 0 Å². The maximum atomic E-state index is 12.9. The van der Waals surface area contributed by atoms with Crippen LogP contribution in [0.1, 0.15) is 24.8 Å². The molecule has 1 aliphatic rings. The molecule has 0 heterocycles. The van der Waals surface area contributed by atoms with E-state index in [0.717, 1.165) is 19.3 Å². The number of halogens is 2. The fraction of sp³-hybridized carbons (Fsp3) is 0.455. The Morgan fingerprint density at radius 3 is 2.71 bits per heavy atom. The third kappa shape index (κ3) is 1.91. The Labute approximate surface area is 87.5 Å². The Morgan fingerprint density at radius 2 is 2.14 bits per heavy atom. The van der Waals surface area contributed by atoms with E-state index in [1.807, 2.05) is 0 Å². The lowest BCUT2D eigenvalue weighted by Gasteiger charge is -2.36. The zero-order valence-corrected chi connectivity index (χ0v) is 8.52. The van der Waals surface area contributed by atoms with E-state index < -0.39 is 5.60 Å². The van der Waals surface area contributed by atoms with Crippen LogP contribution in [0.2, 0.25) is 5.02 Å². The van der Waals surface area contributed by atoms with Gasteiger partial charge in [0.15, 0.2) is 0 Å². The standard InChI is InChI=1S/C11H12ClFO/c12-10-3-2-9(13)6-8(10)7-11(14)4-1-5-11/h2-3,6,14H,1,4-5,7H2. The molecular formula is C11H12ClFO. The topological polar surface area (TPSA) is 20.2 Å². The lowest BCUT2D eigenvalue weighted by molar-refractivity contribution is -0.0323. The van der Waals surface area contributed by atoms with Gasteiger partial charge in [-0.25, -0.2) is 4.39 Å². The van der Waals surface area contributed by atoms with Crippen LogP contribution in [0.4, 0.5) is 4.39 Å². The molecule has 0 spiro atoms. The normalized spacial score (nSPS) is 19.1. The molecule has 0 saturated heterocycles. The van der Waals surface area contributed by atoms with E-state index in [9.17, 15) is 9.50 Å². The number of aliphatic hydroxyl groups is 1. The molecule has 1 aromatic carbocycles. The fourth-order valence-corrected chi connectivity index (χ4v) is 1.98. The lowest BCUT2D eigenvalue weighted by Crippen LogP contribution is -2.39. The summed E-state index contributed by atoms with van der Waals surface area (Å²) in [5.74, 6) is -0.299. The summed E-state index contributed by atoms with van der Waals surface area (Å²) in [5, 5.41) is 10.4. The van der Waals surface area contributed by atoms with E-state index in [4.69, 9.17) is 11.6 Å². The highest BCUT2D eigenvalue weighted by atomic mass is 35.5. The van der Waals surface area contributed by atoms with Crippen molar-refractivity contribution >= 4 is 11.6 Å². The molecule has 0 amide bonds. The first kappa shape index (κ1) is 9.94. The zero-order valence-electron chi connectivity index (χ0n) is 7.76. The third-order valence-electron chi connectivity index (χ3n) is 2.81. The second kappa shape index (κ2) is 3.52. The van der Waals surface area contributed by atoms with Gasteiger partial charge in [-0.2, -0.15) is 0 Å². The molecule has 1 aromatic rings. The van der Waals surface area contributed by atoms with Crippen LogP contribution in [0.5, 0.6) is 0 Å². The Hall–Kier alpha value is -0.600. The molecule has 1 nitrogen and oxygen atoms in total. The summed E-state index contributed by atoms with van der Waals surface area (Å²) in [5.41, 5.74) is 0.0612. The molecule has 1 saturated carbocycles. The first-order chi connectivity index (χ1) is 6.59. The van der Waals surface area contributed by atoms with Gasteiger partial charge in [-0.05, 0) is 43.0 Å². The monoisotopic (exact) mass is 214 g/mol. The minimum atomic E-state index is -0.641. The molecule has 1 aliphatic carbocycles. The summed E-state index contributed by atoms with van der Waals surface area (Å²) in [6.07, 6.45) is 3.09. The Kier molecular flexibility index (Phi) is 2.50. The van der Waals surface area contributed by atoms with Crippen LogP contribution in [0.3, 0.4) is 0 Å². The molecule has 0 atom stereocenters. The predicted molar refractivity (Wildman–Crippen MR) is 53.9 cm³/mol. The van der Waals surface area contributed by atoms with E-state index in [0.29, 0.717) is 17.0 Å². The quantitative estimate of drug-likeness (QED) is 0.803. The maximum absolute atomic E-state index is 12.9. The largest absolute Gasteiger partial charge is 0.390 e. The smallest absolute Gasteiger partial charge is 0.123 e. The lowest BCUT2D eigenvalue weighted by atomic mass is 9.76. The van der Waals surface area contributed by atoms with Crippen molar-refractivity contribution in [1.29, 1.82) is 0 Å². The van der Waals surface area contributed by atoms with E-state index in [2.05, 4.69) is 0 Å². The molecule has 2 rings (SSSR count). The first-order valence-electron chi connectivity index (χ1n) is 4.75. The molecule has 0 bridgehead atoms. The molecule has 0 unspecified atom stereocenters. The molecule has 0 aliphatic heterocycles. The molecular weight excluding hydrogens is 203 g/mol. The minimum absolute atomic E-state index is 0.299. The van der Waals surface area contributed by atoms with Gasteiger partial charge in [-0.3, -0.25) is 0 Å². The minimum Gasteiger partial charge on any atom is -0.390 e. The maximum Gasteiger partial charge on any atom is 0.123 e. The number of rotatable bonds is 2. The molecule has 1 fully saturated rings. The summed E-state index contributed by atoms with van der Waals surface area (Å²) < 4.78 is 12.9. The SMILES string of the molecule is OC1(Cc2cc(F)ccc2Cl)CCC1. The van der Waals surface area contributed by atoms with Crippen molar-refractivity contribution < 1.29 is 9.50 Å². The molecule has 0 aromatic heterocycles. The van der Waals surface area contributed by atoms with Crippen molar-refractivity contribution in [2.24, 2.45) is 0 Å². The van der Waals surface area contributed by atoms with Gasteiger partial charge in [-0.1, -0.05) is 11.6 Å². The number of hydrogen-bond donors (Lipinski definition) is 1. The van der Waals surface area contributed by atoms with Crippen molar-refractivity contribution in [1.82, 2.24) is 0 Å². The fourth-order valence-electron chi connectivity index (χ4n) is 1.79. The van der Waals surface area contributed by atoms with Crippen molar-refractivity contribution in [2.45, 2.75) is 31.3 Å². The van der Waals surface area contributed by atoms with E-state index in [1.165, 1.54) is 18.2 Å². The number of benzene rings is 1. The second-order valence-corrected chi connectivity index (χ2v) is 4.40. The van der Waals surface area contributed by atoms with Crippen molar-refractivity contribution in [2.75, 3.05) is 0 Å². The molecule has 3 heteroatoms. The van der Waals surface area contributed by atoms with Crippen LogP contribution < -0.4 is 0 Å². The van der Waals surface area contributed by atoms with Crippen molar-refractivity contribution in [3.63, 3.8) is 0 Å². The van der Waals surface area contributed by atoms with Gasteiger partial charge in [0.25, 0.3) is 0 Å². The van der Waals surface area contributed by atoms with Crippen LogP contribution in [0.15, 0.2) is 18.2 Å². The van der Waals surface area contributed by atoms with Crippen LogP contribution in [0, 0.1) is 5.82 Å². The summed E-state index contributed by atoms with van der Waals surface area (Å²) in [6, 6.07) is 4.27. The van der Waals surface area contributed by atoms with Crippen LogP contribution in [-0.4, -0.2) is 10.7 Å². The van der Waals surface area contributed by atoms with Gasteiger partial charge in [0, 0.05) is 11.4 Å². The van der Waals surface area contributed by atoms with Gasteiger partial charge in [0.05, 0.1) is 5.60 Å². The molecule has 0 radical (unpaired) electrons. The average Bonchev–Trinajstić information content (AvgIpc) is 2.09. The van der Waals surface area contributed by atoms with Crippen LogP contribution >= 0.6 is 11.6 Å². The summed E-state index contributed by atoms with van der Waals surface area (Å²) in [7, 11) is 0. The highest BCUT2D eigenvalue weighted by molar-refractivity contribution is 6.31. The number of hydrogen-bond acceptors (Lipinski definition) is 1. The Morgan fingerprint density at radius 1 is 1.43 bits per heavy atom. The molecule has 14 heavy (non-hydrogen) atoms. The van der Waals surface area contributed by atoms with Gasteiger partial charge >= 0.3 is 0 Å². The predicted octanol–water partition coefficient (Wildman–Crippen LogP) is 2.94. The van der Waals surface area contributed by atoms with E-state index in [-0.39, 0.29) is 5.82 Å². The van der Waals surface area contributed by atoms with Gasteiger partial charge < -0.3 is 5.11 Å². The Balaban J connectivity index is 2.19. The van der Waals surface area contributed by atoms with E-state index in [1.54, 1.807) is 0 Å². The third-order valence-corrected chi connectivity index (χ3v) is 3.18. The summed E-state index contributed by atoms with van der Waals surface area (Å²) in [6.45, 7) is 0. The highest BCUT2D eigenvalue weighted by Crippen LogP contribution is 2.36. The van der Waals surface area contributed by atoms with Crippen molar-refractivity contribution in [3.05, 3.63) is 34.6 Å². The van der Waals surface area contributed by atoms with Crippen LogP contribution in [-0.2, 0) is 6.42 Å². The van der Waals surface area contributed by atoms with E-state index >= 15 is 0 Å². The molecule has 76 valence electrons. The van der Waals surface area contributed by atoms with Crippen molar-refractivity contribution in [3.8, 4) is 0 Å². The highest BCUT2D eigenvalue weighted by Gasteiger charge is 2.34. The Bertz CT molecular complexity index is 347. The second-order valence-electron chi connectivity index (χ2n) is 3.99. The first-order valence-corrected chi connectivity index (χ1v) is 5.13.